The number of hydrogen-bond donors (Lipinski definition) is 1. The van der Waals surface area contributed by atoms with Crippen molar-refractivity contribution in [1.82, 2.24) is 10.2 Å². The molecule has 1 N–H and O–H groups in total. The van der Waals surface area contributed by atoms with Gasteiger partial charge in [0.1, 0.15) is 0 Å². The molecule has 1 heterocycles. The van der Waals surface area contributed by atoms with Crippen LogP contribution >= 0.6 is 0 Å². The largest absolute Gasteiger partial charge is 0.345 e. The van der Waals surface area contributed by atoms with Gasteiger partial charge >= 0.3 is 0 Å². The van der Waals surface area contributed by atoms with E-state index >= 15 is 0 Å². The van der Waals surface area contributed by atoms with Crippen LogP contribution in [0.25, 0.3) is 0 Å². The van der Waals surface area contributed by atoms with E-state index in [0.29, 0.717) is 0 Å². The van der Waals surface area contributed by atoms with Crippen molar-refractivity contribution in [3.8, 4) is 0 Å². The van der Waals surface area contributed by atoms with Crippen molar-refractivity contribution in [2.45, 2.75) is 59.5 Å². The summed E-state index contributed by atoms with van der Waals surface area (Å²) in [5, 5.41) is 3.22. The van der Waals surface area contributed by atoms with Gasteiger partial charge in [-0.15, -0.1) is 0 Å². The molecule has 3 heteroatoms. The molecule has 0 aliphatic carbocycles. The first-order chi connectivity index (χ1) is 13.5. The second kappa shape index (κ2) is 9.38. The van der Waals surface area contributed by atoms with Crippen LogP contribution in [0.5, 0.6) is 0 Å². The Morgan fingerprint density at radius 1 is 1.18 bits per heavy atom. The summed E-state index contributed by atoms with van der Waals surface area (Å²) >= 11 is 0. The summed E-state index contributed by atoms with van der Waals surface area (Å²) in [4.78, 5) is 15.3. The molecule has 150 valence electrons. The molecule has 1 amide bonds. The van der Waals surface area contributed by atoms with E-state index in [1.807, 2.05) is 12.1 Å². The van der Waals surface area contributed by atoms with Crippen molar-refractivity contribution in [2.75, 3.05) is 13.1 Å². The van der Waals surface area contributed by atoms with E-state index < -0.39 is 0 Å². The molecule has 1 aliphatic heterocycles. The predicted octanol–water partition coefficient (Wildman–Crippen LogP) is 5.42. The highest BCUT2D eigenvalue weighted by molar-refractivity contribution is 5.94. The summed E-state index contributed by atoms with van der Waals surface area (Å²) in [6.07, 6.45) is 3.51. The highest BCUT2D eigenvalue weighted by Gasteiger charge is 2.18. The summed E-state index contributed by atoms with van der Waals surface area (Å²) < 4.78 is 0. The fourth-order valence-corrected chi connectivity index (χ4v) is 4.31. The first-order valence-corrected chi connectivity index (χ1v) is 10.7. The van der Waals surface area contributed by atoms with Crippen molar-refractivity contribution in [1.29, 1.82) is 0 Å². The second-order valence-corrected chi connectivity index (χ2v) is 8.47. The minimum Gasteiger partial charge on any atom is -0.345 e. The number of hydrogen-bond acceptors (Lipinski definition) is 2. The number of piperidine rings is 1. The Morgan fingerprint density at radius 2 is 1.93 bits per heavy atom. The van der Waals surface area contributed by atoms with Gasteiger partial charge in [-0.05, 0) is 74.4 Å². The van der Waals surface area contributed by atoms with E-state index in [2.05, 4.69) is 68.2 Å². The molecule has 3 rings (SSSR count). The third kappa shape index (κ3) is 5.23. The van der Waals surface area contributed by atoms with Crippen molar-refractivity contribution >= 4 is 5.91 Å². The zero-order valence-electron chi connectivity index (χ0n) is 17.8. The van der Waals surface area contributed by atoms with Crippen LogP contribution in [0.1, 0.15) is 71.8 Å². The van der Waals surface area contributed by atoms with Gasteiger partial charge in [0.05, 0.1) is 6.04 Å². The number of rotatable bonds is 6. The number of carbonyl (C=O) groups excluding carboxylic acids is 1. The summed E-state index contributed by atoms with van der Waals surface area (Å²) in [5.74, 6) is 0.792. The molecule has 0 aromatic heterocycles. The standard InChI is InChI=1S/C25H34N2O/c1-5-24(23-13-8-18(2)15-20(23)4)26-25(28)22-11-9-21(10-12-22)17-27-14-6-7-19(3)16-27/h8-13,15,19,24H,5-7,14,16-17H2,1-4H3,(H,26,28). The molecule has 0 bridgehead atoms. The maximum Gasteiger partial charge on any atom is 0.251 e. The first-order valence-electron chi connectivity index (χ1n) is 10.7. The van der Waals surface area contributed by atoms with E-state index in [9.17, 15) is 4.79 Å². The molecule has 28 heavy (non-hydrogen) atoms. The average Bonchev–Trinajstić information content (AvgIpc) is 2.67. The van der Waals surface area contributed by atoms with Crippen LogP contribution in [0.3, 0.4) is 0 Å². The Morgan fingerprint density at radius 3 is 2.57 bits per heavy atom. The third-order valence-electron chi connectivity index (χ3n) is 5.88. The molecular formula is C25H34N2O. The van der Waals surface area contributed by atoms with Gasteiger partial charge < -0.3 is 5.32 Å². The molecule has 0 spiro atoms. The fourth-order valence-electron chi connectivity index (χ4n) is 4.31. The number of carbonyl (C=O) groups is 1. The molecule has 1 saturated heterocycles. The fraction of sp³-hybridized carbons (Fsp3) is 0.480. The van der Waals surface area contributed by atoms with E-state index in [0.717, 1.165) is 24.4 Å². The van der Waals surface area contributed by atoms with Crippen LogP contribution < -0.4 is 5.32 Å². The maximum absolute atomic E-state index is 12.8. The molecule has 2 atom stereocenters. The van der Waals surface area contributed by atoms with Crippen molar-refractivity contribution in [3.05, 3.63) is 70.3 Å². The number of nitrogens with zero attached hydrogens (tertiary/aromatic N) is 1. The molecule has 1 fully saturated rings. The van der Waals surface area contributed by atoms with Gasteiger partial charge in [-0.1, -0.05) is 49.7 Å². The first kappa shape index (κ1) is 20.6. The minimum atomic E-state index is 0.00460. The van der Waals surface area contributed by atoms with Gasteiger partial charge in [-0.25, -0.2) is 0 Å². The van der Waals surface area contributed by atoms with E-state index in [1.165, 1.54) is 48.2 Å². The van der Waals surface area contributed by atoms with Crippen LogP contribution in [0, 0.1) is 19.8 Å². The molecule has 2 aromatic rings. The van der Waals surface area contributed by atoms with Crippen LogP contribution in [0.15, 0.2) is 42.5 Å². The molecule has 0 radical (unpaired) electrons. The van der Waals surface area contributed by atoms with Crippen LogP contribution in [0.2, 0.25) is 0 Å². The SMILES string of the molecule is CCC(NC(=O)c1ccc(CN2CCCC(C)C2)cc1)c1ccc(C)cc1C. The van der Waals surface area contributed by atoms with Crippen LogP contribution in [-0.4, -0.2) is 23.9 Å². The number of nitrogens with one attached hydrogen (secondary N) is 1. The molecule has 2 unspecified atom stereocenters. The topological polar surface area (TPSA) is 32.3 Å². The Labute approximate surface area is 170 Å². The monoisotopic (exact) mass is 378 g/mol. The number of benzene rings is 2. The zero-order chi connectivity index (χ0) is 20.1. The third-order valence-corrected chi connectivity index (χ3v) is 5.88. The maximum atomic E-state index is 12.8. The minimum absolute atomic E-state index is 0.00460. The highest BCUT2D eigenvalue weighted by Crippen LogP contribution is 2.23. The smallest absolute Gasteiger partial charge is 0.251 e. The highest BCUT2D eigenvalue weighted by atomic mass is 16.1. The van der Waals surface area contributed by atoms with Gasteiger partial charge in [-0.2, -0.15) is 0 Å². The zero-order valence-corrected chi connectivity index (χ0v) is 17.8. The Bertz CT molecular complexity index is 797. The van der Waals surface area contributed by atoms with Gasteiger partial charge in [0.25, 0.3) is 5.91 Å². The van der Waals surface area contributed by atoms with Crippen molar-refractivity contribution in [3.63, 3.8) is 0 Å². The quantitative estimate of drug-likeness (QED) is 0.728. The molecule has 1 aliphatic rings. The van der Waals surface area contributed by atoms with Gasteiger partial charge in [0.2, 0.25) is 0 Å². The summed E-state index contributed by atoms with van der Waals surface area (Å²) in [5.41, 5.74) is 5.71. The molecule has 3 nitrogen and oxygen atoms in total. The predicted molar refractivity (Wildman–Crippen MR) is 117 cm³/mol. The van der Waals surface area contributed by atoms with Gasteiger partial charge in [0.15, 0.2) is 0 Å². The van der Waals surface area contributed by atoms with Crippen LogP contribution in [-0.2, 0) is 6.54 Å². The number of likely N-dealkylation sites (tertiary alicyclic amines) is 1. The summed E-state index contributed by atoms with van der Waals surface area (Å²) in [7, 11) is 0. The van der Waals surface area contributed by atoms with Crippen LogP contribution in [0.4, 0.5) is 0 Å². The average molecular weight is 379 g/mol. The second-order valence-electron chi connectivity index (χ2n) is 8.47. The molecule has 2 aromatic carbocycles. The Hall–Kier alpha value is -2.13. The summed E-state index contributed by atoms with van der Waals surface area (Å²) in [6.45, 7) is 12.0. The summed E-state index contributed by atoms with van der Waals surface area (Å²) in [6, 6.07) is 14.6. The molecule has 0 saturated carbocycles. The van der Waals surface area contributed by atoms with E-state index in [-0.39, 0.29) is 11.9 Å². The van der Waals surface area contributed by atoms with Gasteiger partial charge in [0, 0.05) is 18.7 Å². The lowest BCUT2D eigenvalue weighted by atomic mass is 9.97. The lowest BCUT2D eigenvalue weighted by Gasteiger charge is -2.30. The number of amides is 1. The van der Waals surface area contributed by atoms with Gasteiger partial charge in [-0.3, -0.25) is 9.69 Å². The van der Waals surface area contributed by atoms with Crippen molar-refractivity contribution in [2.24, 2.45) is 5.92 Å². The lowest BCUT2D eigenvalue weighted by Crippen LogP contribution is -2.33. The number of aryl methyl sites for hydroxylation is 2. The normalized spacial score (nSPS) is 18.6. The van der Waals surface area contributed by atoms with Crippen molar-refractivity contribution < 1.29 is 4.79 Å². The van der Waals surface area contributed by atoms with E-state index in [1.54, 1.807) is 0 Å². The Balaban J connectivity index is 1.63. The molecular weight excluding hydrogens is 344 g/mol. The lowest BCUT2D eigenvalue weighted by molar-refractivity contribution is 0.0935. The Kier molecular flexibility index (Phi) is 6.90. The van der Waals surface area contributed by atoms with E-state index in [4.69, 9.17) is 0 Å².